The third kappa shape index (κ3) is 3.70. The molecule has 1 amide bonds. The molecule has 19 heavy (non-hydrogen) atoms. The van der Waals surface area contributed by atoms with Crippen molar-refractivity contribution >= 4 is 15.7 Å². The number of hydrogen-bond donors (Lipinski definition) is 1. The van der Waals surface area contributed by atoms with E-state index in [4.69, 9.17) is 4.74 Å². The van der Waals surface area contributed by atoms with E-state index in [1.807, 2.05) is 24.3 Å². The standard InChI is InChI=1S/C13H17NO4S/c1-18-12-4-2-10(3-5-12)8-14-13(15)11-6-7-19(16,17)9-11/h2-5,11H,6-9H2,1H3,(H,14,15)/t11-/m1/s1. The summed E-state index contributed by atoms with van der Waals surface area (Å²) < 4.78 is 27.6. The second-order valence-corrected chi connectivity index (χ2v) is 6.89. The Kier molecular flexibility index (Phi) is 4.09. The van der Waals surface area contributed by atoms with Gasteiger partial charge in [0.15, 0.2) is 9.84 Å². The van der Waals surface area contributed by atoms with Gasteiger partial charge in [-0.15, -0.1) is 0 Å². The van der Waals surface area contributed by atoms with Gasteiger partial charge in [-0.3, -0.25) is 4.79 Å². The summed E-state index contributed by atoms with van der Waals surface area (Å²) in [7, 11) is -1.42. The van der Waals surface area contributed by atoms with Gasteiger partial charge >= 0.3 is 0 Å². The van der Waals surface area contributed by atoms with Crippen LogP contribution in [-0.4, -0.2) is 32.9 Å². The maximum Gasteiger partial charge on any atom is 0.224 e. The Balaban J connectivity index is 1.86. The number of rotatable bonds is 4. The normalized spacial score (nSPS) is 21.0. The van der Waals surface area contributed by atoms with E-state index in [-0.39, 0.29) is 17.4 Å². The molecule has 0 radical (unpaired) electrons. The van der Waals surface area contributed by atoms with Gasteiger partial charge in [0.2, 0.25) is 5.91 Å². The third-order valence-corrected chi connectivity index (χ3v) is 5.00. The molecule has 0 aromatic heterocycles. The lowest BCUT2D eigenvalue weighted by Crippen LogP contribution is -2.30. The van der Waals surface area contributed by atoms with E-state index in [0.717, 1.165) is 11.3 Å². The third-order valence-electron chi connectivity index (χ3n) is 3.23. The lowest BCUT2D eigenvalue weighted by molar-refractivity contribution is -0.124. The topological polar surface area (TPSA) is 72.5 Å². The molecule has 1 aliphatic rings. The van der Waals surface area contributed by atoms with Crippen LogP contribution < -0.4 is 10.1 Å². The van der Waals surface area contributed by atoms with Crippen LogP contribution in [0.25, 0.3) is 0 Å². The second-order valence-electron chi connectivity index (χ2n) is 4.67. The summed E-state index contributed by atoms with van der Waals surface area (Å²) in [6, 6.07) is 7.37. The zero-order valence-electron chi connectivity index (χ0n) is 10.8. The van der Waals surface area contributed by atoms with E-state index in [1.165, 1.54) is 0 Å². The molecule has 1 aromatic carbocycles. The molecule has 1 N–H and O–H groups in total. The Labute approximate surface area is 112 Å². The van der Waals surface area contributed by atoms with Crippen molar-refractivity contribution < 1.29 is 17.9 Å². The number of amides is 1. The first kappa shape index (κ1) is 13.9. The SMILES string of the molecule is COc1ccc(CNC(=O)[C@@H]2CCS(=O)(=O)C2)cc1. The van der Waals surface area contributed by atoms with Gasteiger partial charge < -0.3 is 10.1 Å². The van der Waals surface area contributed by atoms with Crippen molar-refractivity contribution in [3.63, 3.8) is 0 Å². The fraction of sp³-hybridized carbons (Fsp3) is 0.462. The van der Waals surface area contributed by atoms with Crippen LogP contribution in [0.15, 0.2) is 24.3 Å². The van der Waals surface area contributed by atoms with Crippen LogP contribution >= 0.6 is 0 Å². The summed E-state index contributed by atoms with van der Waals surface area (Å²) in [5.41, 5.74) is 0.954. The van der Waals surface area contributed by atoms with Gasteiger partial charge in [-0.25, -0.2) is 8.42 Å². The fourth-order valence-electron chi connectivity index (χ4n) is 2.08. The van der Waals surface area contributed by atoms with Crippen LogP contribution in [0.2, 0.25) is 0 Å². The summed E-state index contributed by atoms with van der Waals surface area (Å²) in [5, 5.41) is 2.77. The average Bonchev–Trinajstić information content (AvgIpc) is 2.77. The molecule has 1 fully saturated rings. The van der Waals surface area contributed by atoms with Crippen LogP contribution in [0.3, 0.4) is 0 Å². The van der Waals surface area contributed by atoms with E-state index in [1.54, 1.807) is 7.11 Å². The zero-order chi connectivity index (χ0) is 13.9. The molecule has 1 aromatic rings. The molecule has 0 unspecified atom stereocenters. The molecule has 1 aliphatic heterocycles. The predicted molar refractivity (Wildman–Crippen MR) is 71.6 cm³/mol. The number of ether oxygens (including phenoxy) is 1. The van der Waals surface area contributed by atoms with E-state index < -0.39 is 15.8 Å². The summed E-state index contributed by atoms with van der Waals surface area (Å²) in [6.45, 7) is 0.402. The maximum absolute atomic E-state index is 11.8. The van der Waals surface area contributed by atoms with Crippen LogP contribution in [0.5, 0.6) is 5.75 Å². The molecule has 1 saturated heterocycles. The first-order valence-electron chi connectivity index (χ1n) is 6.11. The number of carbonyl (C=O) groups is 1. The molecule has 1 heterocycles. The van der Waals surface area contributed by atoms with Crippen LogP contribution in [-0.2, 0) is 21.2 Å². The molecule has 0 bridgehead atoms. The van der Waals surface area contributed by atoms with Crippen molar-refractivity contribution in [2.24, 2.45) is 5.92 Å². The van der Waals surface area contributed by atoms with Crippen molar-refractivity contribution in [1.82, 2.24) is 5.32 Å². The first-order chi connectivity index (χ1) is 9.00. The molecule has 0 saturated carbocycles. The number of carbonyl (C=O) groups excluding carboxylic acids is 1. The molecule has 5 nitrogen and oxygen atoms in total. The van der Waals surface area contributed by atoms with E-state index >= 15 is 0 Å². The van der Waals surface area contributed by atoms with E-state index in [9.17, 15) is 13.2 Å². The van der Waals surface area contributed by atoms with E-state index in [2.05, 4.69) is 5.32 Å². The Morgan fingerprint density at radius 3 is 2.58 bits per heavy atom. The van der Waals surface area contributed by atoms with Crippen LogP contribution in [0.4, 0.5) is 0 Å². The lowest BCUT2D eigenvalue weighted by Gasteiger charge is -2.09. The maximum atomic E-state index is 11.8. The number of sulfone groups is 1. The minimum Gasteiger partial charge on any atom is -0.497 e. The minimum absolute atomic E-state index is 0.0263. The van der Waals surface area contributed by atoms with Gasteiger partial charge in [-0.05, 0) is 24.1 Å². The monoisotopic (exact) mass is 283 g/mol. The molecule has 1 atom stereocenters. The Morgan fingerprint density at radius 2 is 2.05 bits per heavy atom. The summed E-state index contributed by atoms with van der Waals surface area (Å²) in [6.07, 6.45) is 0.427. The van der Waals surface area contributed by atoms with Gasteiger partial charge in [0, 0.05) is 6.54 Å². The number of methoxy groups -OCH3 is 1. The Morgan fingerprint density at radius 1 is 1.37 bits per heavy atom. The molecule has 6 heteroatoms. The number of benzene rings is 1. The second kappa shape index (κ2) is 5.61. The van der Waals surface area contributed by atoms with Gasteiger partial charge in [0.25, 0.3) is 0 Å². The average molecular weight is 283 g/mol. The zero-order valence-corrected chi connectivity index (χ0v) is 11.6. The fourth-order valence-corrected chi connectivity index (χ4v) is 3.82. The van der Waals surface area contributed by atoms with Crippen molar-refractivity contribution in [2.75, 3.05) is 18.6 Å². The van der Waals surface area contributed by atoms with Gasteiger partial charge in [-0.2, -0.15) is 0 Å². The Bertz CT molecular complexity index is 551. The largest absolute Gasteiger partial charge is 0.497 e. The molecule has 104 valence electrons. The Hall–Kier alpha value is -1.56. The number of hydrogen-bond acceptors (Lipinski definition) is 4. The summed E-state index contributed by atoms with van der Waals surface area (Å²) in [5.74, 6) is 0.270. The summed E-state index contributed by atoms with van der Waals surface area (Å²) >= 11 is 0. The highest BCUT2D eigenvalue weighted by molar-refractivity contribution is 7.91. The lowest BCUT2D eigenvalue weighted by atomic mass is 10.1. The van der Waals surface area contributed by atoms with Crippen LogP contribution in [0.1, 0.15) is 12.0 Å². The minimum atomic E-state index is -3.01. The van der Waals surface area contributed by atoms with Gasteiger partial charge in [0.1, 0.15) is 5.75 Å². The van der Waals surface area contributed by atoms with Crippen molar-refractivity contribution in [3.05, 3.63) is 29.8 Å². The summed E-state index contributed by atoms with van der Waals surface area (Å²) in [4.78, 5) is 11.8. The molecule has 2 rings (SSSR count). The van der Waals surface area contributed by atoms with Crippen molar-refractivity contribution in [2.45, 2.75) is 13.0 Å². The molecular weight excluding hydrogens is 266 g/mol. The quantitative estimate of drug-likeness (QED) is 0.885. The highest BCUT2D eigenvalue weighted by atomic mass is 32.2. The highest BCUT2D eigenvalue weighted by Gasteiger charge is 2.32. The van der Waals surface area contributed by atoms with E-state index in [0.29, 0.717) is 13.0 Å². The predicted octanol–water partition coefficient (Wildman–Crippen LogP) is 0.746. The van der Waals surface area contributed by atoms with Crippen molar-refractivity contribution in [1.29, 1.82) is 0 Å². The van der Waals surface area contributed by atoms with Crippen LogP contribution in [0, 0.1) is 5.92 Å². The molecule has 0 aliphatic carbocycles. The molecular formula is C13H17NO4S. The molecule has 0 spiro atoms. The van der Waals surface area contributed by atoms with Crippen molar-refractivity contribution in [3.8, 4) is 5.75 Å². The highest BCUT2D eigenvalue weighted by Crippen LogP contribution is 2.18. The van der Waals surface area contributed by atoms with Gasteiger partial charge in [0.05, 0.1) is 24.5 Å². The van der Waals surface area contributed by atoms with Gasteiger partial charge in [-0.1, -0.05) is 12.1 Å². The smallest absolute Gasteiger partial charge is 0.224 e. The first-order valence-corrected chi connectivity index (χ1v) is 7.93. The number of nitrogens with one attached hydrogen (secondary N) is 1.